The first-order valence-electron chi connectivity index (χ1n) is 25.9. The van der Waals surface area contributed by atoms with Gasteiger partial charge >= 0.3 is 17.9 Å². The summed E-state index contributed by atoms with van der Waals surface area (Å²) in [5.74, 6) is -1.11. The molecule has 0 aliphatic carbocycles. The van der Waals surface area contributed by atoms with Crippen LogP contribution in [-0.4, -0.2) is 37.2 Å². The van der Waals surface area contributed by atoms with Crippen molar-refractivity contribution in [3.05, 3.63) is 182 Å². The fourth-order valence-electron chi connectivity index (χ4n) is 6.07. The van der Waals surface area contributed by atoms with Crippen molar-refractivity contribution in [3.8, 4) is 0 Å². The fourth-order valence-corrected chi connectivity index (χ4v) is 6.07. The molecule has 0 saturated carbocycles. The highest BCUT2D eigenvalue weighted by Gasteiger charge is 2.19. The summed E-state index contributed by atoms with van der Waals surface area (Å²) in [4.78, 5) is 38.0. The highest BCUT2D eigenvalue weighted by Crippen LogP contribution is 2.11. The first kappa shape index (κ1) is 62.5. The number of hydrogen-bond acceptors (Lipinski definition) is 6. The summed E-state index contributed by atoms with van der Waals surface area (Å²) in [7, 11) is 0. The fraction of sp³-hybridized carbons (Fsp3) is 0.468. The van der Waals surface area contributed by atoms with Crippen LogP contribution >= 0.6 is 0 Å². The Hall–Kier alpha value is -5.49. The van der Waals surface area contributed by atoms with Crippen LogP contribution in [0.2, 0.25) is 0 Å². The largest absolute Gasteiger partial charge is 0.462 e. The normalized spacial score (nSPS) is 13.6. The Balaban J connectivity index is 4.67. The van der Waals surface area contributed by atoms with E-state index in [1.54, 1.807) is 0 Å². The second kappa shape index (κ2) is 54.1. The molecule has 0 saturated heterocycles. The molecule has 0 aromatic heterocycles. The standard InChI is InChI=1S/C62H90O6/c1-4-7-10-13-16-19-22-25-27-29-31-33-35-37-40-43-46-49-52-55-61(64)67-58-59(57-66-60(63)54-51-48-45-42-39-24-21-18-15-12-9-6-3)68-62(65)56-53-50-47-44-41-38-36-34-32-30-28-26-23-20-17-14-11-8-5-2/h7-13,16-22,25-29,31-35,37-38,40-41,47,50,59H,4-6,14-15,23-24,30,36,39,42-46,48-49,51-58H2,1-3H3/b10-7-,11-8-,12-9-,16-13-,20-17-,21-18-,22-19-,27-25-,28-26-,31-29+,34-32-,35-33-,40-37-,41-38-,50-47-. The van der Waals surface area contributed by atoms with Crippen LogP contribution < -0.4 is 0 Å². The second-order valence-corrected chi connectivity index (χ2v) is 16.1. The minimum Gasteiger partial charge on any atom is -0.462 e. The maximum absolute atomic E-state index is 12.8. The maximum atomic E-state index is 12.8. The Morgan fingerprint density at radius 3 is 1.07 bits per heavy atom. The van der Waals surface area contributed by atoms with Gasteiger partial charge in [-0.25, -0.2) is 0 Å². The Kier molecular flexibility index (Phi) is 49.7. The Morgan fingerprint density at radius 2 is 0.632 bits per heavy atom. The van der Waals surface area contributed by atoms with Crippen LogP contribution in [0, 0.1) is 0 Å². The third-order valence-electron chi connectivity index (χ3n) is 9.84. The number of carbonyl (C=O) groups excluding carboxylic acids is 3. The number of rotatable bonds is 43. The van der Waals surface area contributed by atoms with E-state index in [0.717, 1.165) is 116 Å². The van der Waals surface area contributed by atoms with Crippen LogP contribution in [0.5, 0.6) is 0 Å². The first-order chi connectivity index (χ1) is 33.5. The van der Waals surface area contributed by atoms with E-state index in [0.29, 0.717) is 19.3 Å². The lowest BCUT2D eigenvalue weighted by Crippen LogP contribution is -2.30. The molecule has 1 unspecified atom stereocenters. The molecule has 0 fully saturated rings. The molecule has 0 N–H and O–H groups in total. The molecular weight excluding hydrogens is 841 g/mol. The third kappa shape index (κ3) is 51.5. The smallest absolute Gasteiger partial charge is 0.306 e. The van der Waals surface area contributed by atoms with Crippen LogP contribution in [0.1, 0.15) is 168 Å². The molecule has 6 nitrogen and oxygen atoms in total. The lowest BCUT2D eigenvalue weighted by molar-refractivity contribution is -0.166. The van der Waals surface area contributed by atoms with Gasteiger partial charge in [0.2, 0.25) is 0 Å². The second-order valence-electron chi connectivity index (χ2n) is 16.1. The summed E-state index contributed by atoms with van der Waals surface area (Å²) in [6.45, 7) is 6.11. The van der Waals surface area contributed by atoms with Gasteiger partial charge in [0.05, 0.1) is 0 Å². The predicted octanol–water partition coefficient (Wildman–Crippen LogP) is 17.4. The average molecular weight is 931 g/mol. The van der Waals surface area contributed by atoms with E-state index in [-0.39, 0.29) is 38.0 Å². The van der Waals surface area contributed by atoms with Gasteiger partial charge in [-0.15, -0.1) is 0 Å². The van der Waals surface area contributed by atoms with Gasteiger partial charge in [-0.1, -0.05) is 229 Å². The molecule has 0 amide bonds. The number of esters is 3. The molecule has 0 aliphatic heterocycles. The molecule has 0 heterocycles. The molecular formula is C62H90O6. The highest BCUT2D eigenvalue weighted by molar-refractivity contribution is 5.71. The monoisotopic (exact) mass is 931 g/mol. The minimum atomic E-state index is -0.854. The molecule has 0 rings (SSSR count). The zero-order valence-corrected chi connectivity index (χ0v) is 42.5. The van der Waals surface area contributed by atoms with Gasteiger partial charge in [0.15, 0.2) is 6.10 Å². The Morgan fingerprint density at radius 1 is 0.309 bits per heavy atom. The van der Waals surface area contributed by atoms with Crippen molar-refractivity contribution in [1.82, 2.24) is 0 Å². The van der Waals surface area contributed by atoms with Crippen LogP contribution in [-0.2, 0) is 28.6 Å². The van der Waals surface area contributed by atoms with Gasteiger partial charge in [0.25, 0.3) is 0 Å². The van der Waals surface area contributed by atoms with Crippen molar-refractivity contribution in [2.75, 3.05) is 13.2 Å². The van der Waals surface area contributed by atoms with Gasteiger partial charge in [-0.3, -0.25) is 14.4 Å². The molecule has 0 aromatic rings. The average Bonchev–Trinajstić information content (AvgIpc) is 3.34. The zero-order chi connectivity index (χ0) is 49.3. The SMILES string of the molecule is CC\C=C/C=C\C=C/C=C\C=C\C=C/C=C\CCCCCC(=O)OCC(COC(=O)CCCCCCC/C=C\C/C=C\CC)OC(=O)CC/C=C\C/C=C\C/C=C\C/C=C\C/C=C\C/C=C\CC. The molecule has 0 bridgehead atoms. The van der Waals surface area contributed by atoms with E-state index in [4.69, 9.17) is 14.2 Å². The molecule has 374 valence electrons. The number of carbonyl (C=O) groups is 3. The molecule has 0 spiro atoms. The van der Waals surface area contributed by atoms with Crippen molar-refractivity contribution >= 4 is 17.9 Å². The van der Waals surface area contributed by atoms with Crippen molar-refractivity contribution in [3.63, 3.8) is 0 Å². The highest BCUT2D eigenvalue weighted by atomic mass is 16.6. The van der Waals surface area contributed by atoms with Crippen LogP contribution in [0.25, 0.3) is 0 Å². The van der Waals surface area contributed by atoms with Crippen molar-refractivity contribution in [1.29, 1.82) is 0 Å². The minimum absolute atomic E-state index is 0.141. The van der Waals surface area contributed by atoms with E-state index in [2.05, 4.69) is 118 Å². The predicted molar refractivity (Wildman–Crippen MR) is 292 cm³/mol. The molecule has 0 aromatic carbocycles. The summed E-state index contributed by atoms with van der Waals surface area (Å²) >= 11 is 0. The first-order valence-corrected chi connectivity index (χ1v) is 25.9. The third-order valence-corrected chi connectivity index (χ3v) is 9.84. The number of hydrogen-bond donors (Lipinski definition) is 0. The number of ether oxygens (including phenoxy) is 3. The summed E-state index contributed by atoms with van der Waals surface area (Å²) in [6.07, 6.45) is 81.7. The summed E-state index contributed by atoms with van der Waals surface area (Å²) in [6, 6.07) is 0. The summed E-state index contributed by atoms with van der Waals surface area (Å²) in [5, 5.41) is 0. The van der Waals surface area contributed by atoms with Crippen molar-refractivity contribution in [2.24, 2.45) is 0 Å². The summed E-state index contributed by atoms with van der Waals surface area (Å²) in [5.41, 5.74) is 0. The van der Waals surface area contributed by atoms with Gasteiger partial charge in [-0.2, -0.15) is 0 Å². The van der Waals surface area contributed by atoms with Gasteiger partial charge in [0.1, 0.15) is 13.2 Å². The zero-order valence-electron chi connectivity index (χ0n) is 42.5. The Labute approximate surface area is 414 Å². The molecule has 6 heteroatoms. The topological polar surface area (TPSA) is 78.9 Å². The molecule has 0 radical (unpaired) electrons. The lowest BCUT2D eigenvalue weighted by Gasteiger charge is -2.18. The van der Waals surface area contributed by atoms with Gasteiger partial charge in [-0.05, 0) is 103 Å². The van der Waals surface area contributed by atoms with Crippen LogP contribution in [0.3, 0.4) is 0 Å². The Bertz CT molecular complexity index is 1680. The van der Waals surface area contributed by atoms with Crippen LogP contribution in [0.4, 0.5) is 0 Å². The van der Waals surface area contributed by atoms with Gasteiger partial charge in [0, 0.05) is 19.3 Å². The quantitative estimate of drug-likeness (QED) is 0.0199. The molecule has 0 aliphatic rings. The van der Waals surface area contributed by atoms with Crippen molar-refractivity contribution in [2.45, 2.75) is 175 Å². The molecule has 1 atom stereocenters. The van der Waals surface area contributed by atoms with Crippen LogP contribution in [0.15, 0.2) is 182 Å². The van der Waals surface area contributed by atoms with E-state index < -0.39 is 12.1 Å². The summed E-state index contributed by atoms with van der Waals surface area (Å²) < 4.78 is 16.7. The van der Waals surface area contributed by atoms with E-state index >= 15 is 0 Å². The molecule has 68 heavy (non-hydrogen) atoms. The number of allylic oxidation sites excluding steroid dienone is 30. The van der Waals surface area contributed by atoms with Crippen molar-refractivity contribution < 1.29 is 28.6 Å². The van der Waals surface area contributed by atoms with E-state index in [1.165, 1.54) is 0 Å². The lowest BCUT2D eigenvalue weighted by atomic mass is 10.1. The van der Waals surface area contributed by atoms with Gasteiger partial charge < -0.3 is 14.2 Å². The van der Waals surface area contributed by atoms with E-state index in [9.17, 15) is 14.4 Å². The number of unbranched alkanes of at least 4 members (excludes halogenated alkanes) is 8. The van der Waals surface area contributed by atoms with E-state index in [1.807, 2.05) is 85.1 Å². The maximum Gasteiger partial charge on any atom is 0.306 e.